The highest BCUT2D eigenvalue weighted by atomic mass is 19.4. The van der Waals surface area contributed by atoms with Gasteiger partial charge < -0.3 is 19.5 Å². The molecular weight excluding hydrogens is 520 g/mol. The first-order chi connectivity index (χ1) is 17.9. The Morgan fingerprint density at radius 2 is 1.55 bits per heavy atom. The van der Waals surface area contributed by atoms with Gasteiger partial charge in [-0.05, 0) is 42.5 Å². The molecule has 13 heteroatoms. The van der Waals surface area contributed by atoms with Crippen LogP contribution in [0.4, 0.5) is 32.2 Å². The van der Waals surface area contributed by atoms with E-state index in [2.05, 4.69) is 15.5 Å². The molecule has 7 nitrogen and oxygen atoms in total. The van der Waals surface area contributed by atoms with Crippen molar-refractivity contribution in [2.75, 3.05) is 19.5 Å². The van der Waals surface area contributed by atoms with Crippen molar-refractivity contribution in [1.82, 2.24) is 10.2 Å². The van der Waals surface area contributed by atoms with Crippen molar-refractivity contribution >= 4 is 22.6 Å². The van der Waals surface area contributed by atoms with Crippen molar-refractivity contribution in [3.63, 3.8) is 0 Å². The standard InChI is InChI=1S/C25H19F6N3O4/c1-36-17-7-14(8-18(10-17)37-2)23(35)32-22-19-11-16(5-6-21(19)33-34-22)38-12-13-3-4-15(24(26,27)28)9-20(13)25(29,30)31/h3-11H,12H2,1-2H3,(H2,32,33,34,35). The number of halogens is 6. The van der Waals surface area contributed by atoms with E-state index in [1.165, 1.54) is 44.6 Å². The van der Waals surface area contributed by atoms with Crippen molar-refractivity contribution in [2.24, 2.45) is 0 Å². The van der Waals surface area contributed by atoms with Crippen LogP contribution in [-0.4, -0.2) is 30.3 Å². The molecule has 1 amide bonds. The third kappa shape index (κ3) is 5.76. The van der Waals surface area contributed by atoms with Crippen LogP contribution in [0, 0.1) is 0 Å². The smallest absolute Gasteiger partial charge is 0.416 e. The van der Waals surface area contributed by atoms with E-state index in [-0.39, 0.29) is 23.2 Å². The molecule has 0 fully saturated rings. The van der Waals surface area contributed by atoms with Crippen LogP contribution in [0.25, 0.3) is 10.9 Å². The summed E-state index contributed by atoms with van der Waals surface area (Å²) in [6.45, 7) is -0.651. The number of benzene rings is 3. The summed E-state index contributed by atoms with van der Waals surface area (Å²) in [5.41, 5.74) is -2.63. The molecule has 0 aliphatic heterocycles. The largest absolute Gasteiger partial charge is 0.497 e. The summed E-state index contributed by atoms with van der Waals surface area (Å²) in [5.74, 6) is 0.451. The van der Waals surface area contributed by atoms with Gasteiger partial charge in [-0.1, -0.05) is 6.07 Å². The first kappa shape index (κ1) is 26.6. The van der Waals surface area contributed by atoms with Gasteiger partial charge in [0.25, 0.3) is 5.91 Å². The number of aromatic amines is 1. The van der Waals surface area contributed by atoms with Gasteiger partial charge in [-0.2, -0.15) is 31.4 Å². The van der Waals surface area contributed by atoms with Gasteiger partial charge in [-0.25, -0.2) is 0 Å². The number of hydrogen-bond donors (Lipinski definition) is 2. The van der Waals surface area contributed by atoms with Crippen molar-refractivity contribution in [3.8, 4) is 17.2 Å². The number of H-pyrrole nitrogens is 1. The van der Waals surface area contributed by atoms with E-state index in [4.69, 9.17) is 14.2 Å². The molecule has 0 bridgehead atoms. The van der Waals surface area contributed by atoms with Crippen molar-refractivity contribution < 1.29 is 45.3 Å². The topological polar surface area (TPSA) is 85.5 Å². The summed E-state index contributed by atoms with van der Waals surface area (Å²) in [5, 5.41) is 9.78. The Balaban J connectivity index is 1.57. The number of methoxy groups -OCH3 is 2. The van der Waals surface area contributed by atoms with Crippen LogP contribution >= 0.6 is 0 Å². The Hall–Kier alpha value is -4.42. The molecule has 4 rings (SSSR count). The number of ether oxygens (including phenoxy) is 3. The molecule has 0 aliphatic rings. The van der Waals surface area contributed by atoms with Crippen LogP contribution in [0.5, 0.6) is 17.2 Å². The second kappa shape index (κ2) is 10.1. The molecule has 0 saturated carbocycles. The van der Waals surface area contributed by atoms with Gasteiger partial charge in [0, 0.05) is 22.6 Å². The molecule has 0 aliphatic carbocycles. The second-order valence-electron chi connectivity index (χ2n) is 7.99. The molecule has 0 unspecified atom stereocenters. The third-order valence-corrected chi connectivity index (χ3v) is 5.52. The van der Waals surface area contributed by atoms with Crippen LogP contribution in [0.2, 0.25) is 0 Å². The highest BCUT2D eigenvalue weighted by Gasteiger charge is 2.38. The first-order valence-electron chi connectivity index (χ1n) is 10.8. The summed E-state index contributed by atoms with van der Waals surface area (Å²) in [6.07, 6.45) is -9.95. The number of alkyl halides is 6. The Labute approximate surface area is 211 Å². The van der Waals surface area contributed by atoms with Crippen LogP contribution in [0.3, 0.4) is 0 Å². The Morgan fingerprint density at radius 1 is 0.868 bits per heavy atom. The average molecular weight is 539 g/mol. The average Bonchev–Trinajstić information content (AvgIpc) is 3.27. The lowest BCUT2D eigenvalue weighted by Crippen LogP contribution is -2.14. The third-order valence-electron chi connectivity index (χ3n) is 5.52. The number of carbonyl (C=O) groups excluding carboxylic acids is 1. The highest BCUT2D eigenvalue weighted by Crippen LogP contribution is 2.38. The monoisotopic (exact) mass is 539 g/mol. The lowest BCUT2D eigenvalue weighted by atomic mass is 10.0. The van der Waals surface area contributed by atoms with Crippen molar-refractivity contribution in [3.05, 3.63) is 76.9 Å². The van der Waals surface area contributed by atoms with Crippen LogP contribution in [0.15, 0.2) is 54.6 Å². The van der Waals surface area contributed by atoms with Gasteiger partial charge in [0.15, 0.2) is 5.82 Å². The maximum Gasteiger partial charge on any atom is 0.416 e. The van der Waals surface area contributed by atoms with E-state index >= 15 is 0 Å². The zero-order valence-electron chi connectivity index (χ0n) is 19.8. The van der Waals surface area contributed by atoms with Gasteiger partial charge in [0.2, 0.25) is 0 Å². The molecule has 2 N–H and O–H groups in total. The molecule has 200 valence electrons. The van der Waals surface area contributed by atoms with E-state index < -0.39 is 41.6 Å². The van der Waals surface area contributed by atoms with Gasteiger partial charge in [-0.3, -0.25) is 9.89 Å². The lowest BCUT2D eigenvalue weighted by molar-refractivity contribution is -0.143. The van der Waals surface area contributed by atoms with Crippen LogP contribution in [0.1, 0.15) is 27.0 Å². The number of carbonyl (C=O) groups is 1. The molecule has 38 heavy (non-hydrogen) atoms. The number of hydrogen-bond acceptors (Lipinski definition) is 5. The van der Waals surface area contributed by atoms with Gasteiger partial charge in [0.1, 0.15) is 23.9 Å². The summed E-state index contributed by atoms with van der Waals surface area (Å²) in [6, 6.07) is 10.3. The molecule has 0 atom stereocenters. The van der Waals surface area contributed by atoms with Gasteiger partial charge in [-0.15, -0.1) is 0 Å². The Morgan fingerprint density at radius 3 is 2.16 bits per heavy atom. The van der Waals surface area contributed by atoms with E-state index in [0.29, 0.717) is 28.5 Å². The number of amides is 1. The van der Waals surface area contributed by atoms with Gasteiger partial charge >= 0.3 is 12.4 Å². The van der Waals surface area contributed by atoms with E-state index in [9.17, 15) is 31.1 Å². The van der Waals surface area contributed by atoms with Gasteiger partial charge in [0.05, 0.1) is 30.9 Å². The number of anilines is 1. The molecule has 4 aromatic rings. The Bertz CT molecular complexity index is 1460. The molecule has 0 radical (unpaired) electrons. The first-order valence-corrected chi connectivity index (χ1v) is 10.8. The quantitative estimate of drug-likeness (QED) is 0.264. The maximum absolute atomic E-state index is 13.4. The molecule has 1 aromatic heterocycles. The number of aromatic nitrogens is 2. The zero-order chi connectivity index (χ0) is 27.7. The highest BCUT2D eigenvalue weighted by molar-refractivity contribution is 6.08. The molecular formula is C25H19F6N3O4. The van der Waals surface area contributed by atoms with Crippen molar-refractivity contribution in [1.29, 1.82) is 0 Å². The summed E-state index contributed by atoms with van der Waals surface area (Å²) in [7, 11) is 2.86. The molecule has 3 aromatic carbocycles. The second-order valence-corrected chi connectivity index (χ2v) is 7.99. The number of fused-ring (bicyclic) bond motifs is 1. The molecule has 0 spiro atoms. The van der Waals surface area contributed by atoms with Crippen LogP contribution < -0.4 is 19.5 Å². The lowest BCUT2D eigenvalue weighted by Gasteiger charge is -2.16. The summed E-state index contributed by atoms with van der Waals surface area (Å²) >= 11 is 0. The normalized spacial score (nSPS) is 11.9. The number of nitrogens with zero attached hydrogens (tertiary/aromatic N) is 1. The number of nitrogens with one attached hydrogen (secondary N) is 2. The fourth-order valence-corrected chi connectivity index (χ4v) is 3.60. The fraction of sp³-hybridized carbons (Fsp3) is 0.200. The Kier molecular flexibility index (Phi) is 7.11. The SMILES string of the molecule is COc1cc(OC)cc(C(=O)Nc2n[nH]c3ccc(OCc4ccc(C(F)(F)F)cc4C(F)(F)F)cc23)c1. The summed E-state index contributed by atoms with van der Waals surface area (Å²) in [4.78, 5) is 12.8. The minimum Gasteiger partial charge on any atom is -0.497 e. The minimum atomic E-state index is -5.02. The van der Waals surface area contributed by atoms with E-state index in [1.807, 2.05) is 0 Å². The maximum atomic E-state index is 13.4. The van der Waals surface area contributed by atoms with Crippen LogP contribution in [-0.2, 0) is 19.0 Å². The molecule has 1 heterocycles. The van der Waals surface area contributed by atoms with E-state index in [1.54, 1.807) is 6.07 Å². The fourth-order valence-electron chi connectivity index (χ4n) is 3.60. The predicted molar refractivity (Wildman–Crippen MR) is 124 cm³/mol. The molecule has 0 saturated heterocycles. The van der Waals surface area contributed by atoms with Crippen molar-refractivity contribution in [2.45, 2.75) is 19.0 Å². The number of rotatable bonds is 7. The zero-order valence-corrected chi connectivity index (χ0v) is 19.8. The predicted octanol–water partition coefficient (Wildman–Crippen LogP) is 6.45. The summed E-state index contributed by atoms with van der Waals surface area (Å²) < 4.78 is 94.8. The minimum absolute atomic E-state index is 0.0547. The van der Waals surface area contributed by atoms with E-state index in [0.717, 1.165) is 6.07 Å².